The van der Waals surface area contributed by atoms with Crippen molar-refractivity contribution in [2.75, 3.05) is 25.6 Å². The molecule has 0 aromatic rings. The summed E-state index contributed by atoms with van der Waals surface area (Å²) in [5, 5.41) is 0. The van der Waals surface area contributed by atoms with Crippen LogP contribution in [0.25, 0.3) is 0 Å². The molecule has 0 atom stereocenters. The lowest BCUT2D eigenvalue weighted by molar-refractivity contribution is -0.0154. The lowest BCUT2D eigenvalue weighted by Crippen LogP contribution is -2.37. The number of alkyl halides is 1. The van der Waals surface area contributed by atoms with Gasteiger partial charge >= 0.3 is 0 Å². The molecule has 0 radical (unpaired) electrons. The van der Waals surface area contributed by atoms with Gasteiger partial charge in [0.25, 0.3) is 0 Å². The molecule has 0 bridgehead atoms. The van der Waals surface area contributed by atoms with E-state index in [4.69, 9.17) is 16.3 Å². The molecule has 0 N–H and O–H groups in total. The van der Waals surface area contributed by atoms with Crippen LogP contribution in [0.2, 0.25) is 0 Å². The third-order valence-electron chi connectivity index (χ3n) is 2.02. The standard InChI is InChI=1S/C11H24ClNO/c1-10(2)13(7-6-12)8-9-14-11(3,4)5/h10H,6-9H2,1-5H3. The quantitative estimate of drug-likeness (QED) is 0.640. The van der Waals surface area contributed by atoms with Crippen molar-refractivity contribution in [2.24, 2.45) is 0 Å². The van der Waals surface area contributed by atoms with Gasteiger partial charge in [-0.25, -0.2) is 0 Å². The third kappa shape index (κ3) is 7.60. The maximum Gasteiger partial charge on any atom is 0.0600 e. The lowest BCUT2D eigenvalue weighted by Gasteiger charge is -2.27. The minimum atomic E-state index is -0.0381. The van der Waals surface area contributed by atoms with E-state index in [0.717, 1.165) is 19.7 Å². The van der Waals surface area contributed by atoms with Crippen molar-refractivity contribution >= 4 is 11.6 Å². The summed E-state index contributed by atoms with van der Waals surface area (Å²) in [6.45, 7) is 13.3. The Morgan fingerprint density at radius 3 is 2.14 bits per heavy atom. The Hall–Kier alpha value is 0.210. The summed E-state index contributed by atoms with van der Waals surface area (Å²) in [7, 11) is 0. The molecule has 2 nitrogen and oxygen atoms in total. The predicted octanol–water partition coefficient (Wildman–Crippen LogP) is 2.75. The topological polar surface area (TPSA) is 12.5 Å². The Kier molecular flexibility index (Phi) is 6.75. The molecule has 0 unspecified atom stereocenters. The van der Waals surface area contributed by atoms with Crippen LogP contribution >= 0.6 is 11.6 Å². The molecule has 0 saturated heterocycles. The maximum atomic E-state index is 5.73. The summed E-state index contributed by atoms with van der Waals surface area (Å²) in [5.41, 5.74) is -0.0381. The smallest absolute Gasteiger partial charge is 0.0600 e. The van der Waals surface area contributed by atoms with Gasteiger partial charge in [0.05, 0.1) is 12.2 Å². The zero-order valence-corrected chi connectivity index (χ0v) is 10.9. The van der Waals surface area contributed by atoms with E-state index in [0.29, 0.717) is 11.9 Å². The highest BCUT2D eigenvalue weighted by Crippen LogP contribution is 2.07. The molecule has 0 aromatic heterocycles. The van der Waals surface area contributed by atoms with Gasteiger partial charge in [0.1, 0.15) is 0 Å². The molecule has 0 spiro atoms. The minimum Gasteiger partial charge on any atom is -0.375 e. The van der Waals surface area contributed by atoms with Gasteiger partial charge in [-0.15, -0.1) is 11.6 Å². The molecule has 3 heteroatoms. The number of hydrogen-bond acceptors (Lipinski definition) is 2. The van der Waals surface area contributed by atoms with Crippen LogP contribution in [0.4, 0.5) is 0 Å². The Morgan fingerprint density at radius 2 is 1.79 bits per heavy atom. The van der Waals surface area contributed by atoms with Crippen LogP contribution in [0.5, 0.6) is 0 Å². The summed E-state index contributed by atoms with van der Waals surface area (Å²) in [4.78, 5) is 2.33. The van der Waals surface area contributed by atoms with E-state index in [1.807, 2.05) is 0 Å². The Morgan fingerprint density at radius 1 is 1.21 bits per heavy atom. The molecule has 0 amide bonds. The first-order chi connectivity index (χ1) is 6.37. The molecule has 0 aliphatic carbocycles. The van der Waals surface area contributed by atoms with E-state index in [1.54, 1.807) is 0 Å². The number of ether oxygens (including phenoxy) is 1. The Labute approximate surface area is 93.6 Å². The minimum absolute atomic E-state index is 0.0381. The van der Waals surface area contributed by atoms with Gasteiger partial charge in [0.2, 0.25) is 0 Å². The van der Waals surface area contributed by atoms with Crippen molar-refractivity contribution in [1.29, 1.82) is 0 Å². The first kappa shape index (κ1) is 14.2. The van der Waals surface area contributed by atoms with Gasteiger partial charge in [-0.3, -0.25) is 4.90 Å². The van der Waals surface area contributed by atoms with Crippen LogP contribution in [0.3, 0.4) is 0 Å². The molecular formula is C11H24ClNO. The van der Waals surface area contributed by atoms with E-state index in [9.17, 15) is 0 Å². The summed E-state index contributed by atoms with van der Waals surface area (Å²) in [6, 6.07) is 0.539. The van der Waals surface area contributed by atoms with Crippen molar-refractivity contribution in [2.45, 2.75) is 46.3 Å². The van der Waals surface area contributed by atoms with Crippen molar-refractivity contribution in [3.8, 4) is 0 Å². The van der Waals surface area contributed by atoms with E-state index < -0.39 is 0 Å². The predicted molar refractivity (Wildman–Crippen MR) is 63.1 cm³/mol. The summed E-state index contributed by atoms with van der Waals surface area (Å²) in [6.07, 6.45) is 0. The molecule has 86 valence electrons. The van der Waals surface area contributed by atoms with E-state index >= 15 is 0 Å². The van der Waals surface area contributed by atoms with Crippen LogP contribution in [-0.4, -0.2) is 42.1 Å². The van der Waals surface area contributed by atoms with Gasteiger partial charge in [-0.1, -0.05) is 0 Å². The normalized spacial score (nSPS) is 12.9. The summed E-state index contributed by atoms with van der Waals surface area (Å²) >= 11 is 5.73. The highest BCUT2D eigenvalue weighted by atomic mass is 35.5. The van der Waals surface area contributed by atoms with Crippen LogP contribution in [0, 0.1) is 0 Å². The zero-order valence-electron chi connectivity index (χ0n) is 10.1. The van der Waals surface area contributed by atoms with Crippen molar-refractivity contribution in [1.82, 2.24) is 4.90 Å². The zero-order chi connectivity index (χ0) is 11.2. The highest BCUT2D eigenvalue weighted by Gasteiger charge is 2.12. The largest absolute Gasteiger partial charge is 0.375 e. The van der Waals surface area contributed by atoms with Gasteiger partial charge in [0.15, 0.2) is 0 Å². The van der Waals surface area contributed by atoms with Crippen molar-refractivity contribution in [3.05, 3.63) is 0 Å². The van der Waals surface area contributed by atoms with E-state index in [1.165, 1.54) is 0 Å². The number of rotatable bonds is 6. The fourth-order valence-electron chi connectivity index (χ4n) is 1.21. The molecule has 0 aromatic carbocycles. The summed E-state index contributed by atoms with van der Waals surface area (Å²) < 4.78 is 5.67. The molecule has 0 heterocycles. The third-order valence-corrected chi connectivity index (χ3v) is 2.18. The van der Waals surface area contributed by atoms with Gasteiger partial charge in [0, 0.05) is 25.0 Å². The monoisotopic (exact) mass is 221 g/mol. The lowest BCUT2D eigenvalue weighted by atomic mass is 10.2. The Balaban J connectivity index is 3.72. The van der Waals surface area contributed by atoms with Gasteiger partial charge < -0.3 is 4.74 Å². The number of hydrogen-bond donors (Lipinski definition) is 0. The van der Waals surface area contributed by atoms with Crippen LogP contribution < -0.4 is 0 Å². The Bertz CT molecular complexity index is 143. The van der Waals surface area contributed by atoms with Crippen LogP contribution in [0.15, 0.2) is 0 Å². The van der Waals surface area contributed by atoms with Crippen LogP contribution in [0.1, 0.15) is 34.6 Å². The van der Waals surface area contributed by atoms with Gasteiger partial charge in [-0.2, -0.15) is 0 Å². The van der Waals surface area contributed by atoms with E-state index in [2.05, 4.69) is 39.5 Å². The second-order valence-electron chi connectivity index (χ2n) is 4.78. The molecule has 0 saturated carbocycles. The molecular weight excluding hydrogens is 198 g/mol. The average molecular weight is 222 g/mol. The highest BCUT2D eigenvalue weighted by molar-refractivity contribution is 6.18. The molecule has 0 aliphatic heterocycles. The molecule has 0 rings (SSSR count). The summed E-state index contributed by atoms with van der Waals surface area (Å²) in [5.74, 6) is 0.688. The average Bonchev–Trinajstić information content (AvgIpc) is 2.00. The first-order valence-corrected chi connectivity index (χ1v) is 5.84. The fourth-order valence-corrected chi connectivity index (χ4v) is 1.42. The number of halogens is 1. The van der Waals surface area contributed by atoms with E-state index in [-0.39, 0.29) is 5.60 Å². The SMILES string of the molecule is CC(C)N(CCCl)CCOC(C)(C)C. The maximum absolute atomic E-state index is 5.73. The molecule has 0 aliphatic rings. The first-order valence-electron chi connectivity index (χ1n) is 5.31. The fraction of sp³-hybridized carbons (Fsp3) is 1.00. The van der Waals surface area contributed by atoms with Gasteiger partial charge in [-0.05, 0) is 34.6 Å². The second kappa shape index (κ2) is 6.65. The second-order valence-corrected chi connectivity index (χ2v) is 5.16. The van der Waals surface area contributed by atoms with Crippen molar-refractivity contribution < 1.29 is 4.74 Å². The molecule has 14 heavy (non-hydrogen) atoms. The molecule has 0 fully saturated rings. The number of nitrogens with zero attached hydrogens (tertiary/aromatic N) is 1. The van der Waals surface area contributed by atoms with Crippen molar-refractivity contribution in [3.63, 3.8) is 0 Å². The van der Waals surface area contributed by atoms with Crippen LogP contribution in [-0.2, 0) is 4.74 Å².